The predicted molar refractivity (Wildman–Crippen MR) is 74.3 cm³/mol. The summed E-state index contributed by atoms with van der Waals surface area (Å²) in [4.78, 5) is 16.0. The molecule has 0 saturated heterocycles. The predicted octanol–water partition coefficient (Wildman–Crippen LogP) is 2.95. The van der Waals surface area contributed by atoms with Crippen molar-refractivity contribution in [3.8, 4) is 0 Å². The third-order valence-corrected chi connectivity index (χ3v) is 4.36. The highest BCUT2D eigenvalue weighted by molar-refractivity contribution is 6.07. The van der Waals surface area contributed by atoms with Gasteiger partial charge in [-0.15, -0.1) is 0 Å². The van der Waals surface area contributed by atoms with E-state index >= 15 is 0 Å². The van der Waals surface area contributed by atoms with Gasteiger partial charge in [-0.1, -0.05) is 60.7 Å². The van der Waals surface area contributed by atoms with Crippen molar-refractivity contribution in [1.82, 2.24) is 0 Å². The van der Waals surface area contributed by atoms with E-state index in [-0.39, 0.29) is 23.2 Å². The number of rotatable bonds is 2. The van der Waals surface area contributed by atoms with Gasteiger partial charge in [-0.3, -0.25) is 4.79 Å². The summed E-state index contributed by atoms with van der Waals surface area (Å²) in [6.07, 6.45) is 1.87. The molecule has 92 valence electrons. The first-order valence-corrected chi connectivity index (χ1v) is 6.53. The quantitative estimate of drug-likeness (QED) is 0.802. The van der Waals surface area contributed by atoms with Gasteiger partial charge in [-0.2, -0.15) is 0 Å². The molecule has 2 aromatic carbocycles. The minimum atomic E-state index is -0.195. The largest absolute Gasteiger partial charge is 0.272 e. The first kappa shape index (κ1) is 10.7. The smallest absolute Gasteiger partial charge is 0.250 e. The molecule has 1 unspecified atom stereocenters. The Morgan fingerprint density at radius 2 is 1.47 bits per heavy atom. The second kappa shape index (κ2) is 3.64. The molecule has 1 amide bonds. The van der Waals surface area contributed by atoms with E-state index in [4.69, 9.17) is 0 Å². The maximum Gasteiger partial charge on any atom is 0.250 e. The highest BCUT2D eigenvalue weighted by atomic mass is 16.1. The van der Waals surface area contributed by atoms with Gasteiger partial charge >= 0.3 is 0 Å². The molecular weight excluding hydrogens is 234 g/mol. The third kappa shape index (κ3) is 1.31. The zero-order valence-electron chi connectivity index (χ0n) is 10.4. The first-order valence-electron chi connectivity index (χ1n) is 6.53. The Labute approximate surface area is 111 Å². The highest BCUT2D eigenvalue weighted by Crippen LogP contribution is 2.67. The molecule has 1 aliphatic carbocycles. The molecular formula is C17H13NO. The van der Waals surface area contributed by atoms with Gasteiger partial charge in [0.15, 0.2) is 0 Å². The minimum absolute atomic E-state index is 0.00250. The Morgan fingerprint density at radius 3 is 2.16 bits per heavy atom. The fourth-order valence-electron chi connectivity index (χ4n) is 3.45. The van der Waals surface area contributed by atoms with Crippen molar-refractivity contribution in [2.24, 2.45) is 10.9 Å². The van der Waals surface area contributed by atoms with Crippen molar-refractivity contribution in [2.75, 3.05) is 0 Å². The third-order valence-electron chi connectivity index (χ3n) is 4.36. The number of carbonyl (C=O) groups excluding carboxylic acids is 1. The van der Waals surface area contributed by atoms with Crippen LogP contribution in [0.25, 0.3) is 0 Å². The van der Waals surface area contributed by atoms with Gasteiger partial charge in [-0.25, -0.2) is 4.99 Å². The number of nitrogens with zero attached hydrogens (tertiary/aromatic N) is 1. The molecule has 1 fully saturated rings. The van der Waals surface area contributed by atoms with Crippen molar-refractivity contribution < 1.29 is 4.79 Å². The summed E-state index contributed by atoms with van der Waals surface area (Å²) in [5, 5.41) is 0. The molecule has 3 atom stereocenters. The van der Waals surface area contributed by atoms with Gasteiger partial charge in [-0.05, 0) is 11.1 Å². The van der Waals surface area contributed by atoms with Crippen LogP contribution >= 0.6 is 0 Å². The lowest BCUT2D eigenvalue weighted by Gasteiger charge is -2.11. The minimum Gasteiger partial charge on any atom is -0.272 e. The molecule has 0 aromatic heterocycles. The van der Waals surface area contributed by atoms with Crippen LogP contribution in [0, 0.1) is 5.92 Å². The first-order chi connectivity index (χ1) is 9.34. The van der Waals surface area contributed by atoms with E-state index in [0.29, 0.717) is 0 Å². The van der Waals surface area contributed by atoms with Crippen LogP contribution in [-0.4, -0.2) is 12.1 Å². The van der Waals surface area contributed by atoms with Crippen molar-refractivity contribution in [1.29, 1.82) is 0 Å². The van der Waals surface area contributed by atoms with Crippen LogP contribution in [0.1, 0.15) is 17.0 Å². The van der Waals surface area contributed by atoms with E-state index in [0.717, 1.165) is 0 Å². The van der Waals surface area contributed by atoms with E-state index in [2.05, 4.69) is 29.3 Å². The fourth-order valence-corrected chi connectivity index (χ4v) is 3.45. The molecule has 1 saturated carbocycles. The van der Waals surface area contributed by atoms with E-state index in [9.17, 15) is 4.79 Å². The van der Waals surface area contributed by atoms with Crippen molar-refractivity contribution in [3.63, 3.8) is 0 Å². The standard InChI is InChI=1S/C17H13NO/c19-16-15-14(12-7-3-1-4-8-12)17(15,11-18-16)13-9-5-2-6-10-13/h1-11,14-15H/t14-,15?,17+/m0/s1. The van der Waals surface area contributed by atoms with E-state index in [1.165, 1.54) is 11.1 Å². The van der Waals surface area contributed by atoms with Gasteiger partial charge in [0.25, 0.3) is 0 Å². The molecule has 4 rings (SSSR count). The molecule has 2 nitrogen and oxygen atoms in total. The summed E-state index contributed by atoms with van der Waals surface area (Å²) < 4.78 is 0. The van der Waals surface area contributed by atoms with Crippen LogP contribution in [-0.2, 0) is 10.2 Å². The highest BCUT2D eigenvalue weighted by Gasteiger charge is 2.71. The summed E-state index contributed by atoms with van der Waals surface area (Å²) in [6, 6.07) is 20.5. The SMILES string of the molecule is O=C1N=C[C@]2(c3ccccc3)C1[C@@H]2c1ccccc1. The summed E-state index contributed by atoms with van der Waals surface area (Å²) in [5.74, 6) is 0.274. The van der Waals surface area contributed by atoms with Crippen molar-refractivity contribution in [2.45, 2.75) is 11.3 Å². The molecule has 0 bridgehead atoms. The Balaban J connectivity index is 1.84. The zero-order valence-corrected chi connectivity index (χ0v) is 10.4. The maximum absolute atomic E-state index is 12.0. The van der Waals surface area contributed by atoms with Crippen molar-refractivity contribution >= 4 is 12.1 Å². The number of amides is 1. The van der Waals surface area contributed by atoms with Crippen LogP contribution in [0.2, 0.25) is 0 Å². The molecule has 2 aromatic rings. The molecule has 2 aliphatic rings. The average Bonchev–Trinajstić information content (AvgIpc) is 3.06. The van der Waals surface area contributed by atoms with E-state index in [1.807, 2.05) is 42.6 Å². The molecule has 19 heavy (non-hydrogen) atoms. The summed E-state index contributed by atoms with van der Waals surface area (Å²) in [6.45, 7) is 0. The van der Waals surface area contributed by atoms with Crippen LogP contribution in [0.15, 0.2) is 65.7 Å². The fraction of sp³-hybridized carbons (Fsp3) is 0.176. The number of carbonyl (C=O) groups is 1. The average molecular weight is 247 g/mol. The number of hydrogen-bond donors (Lipinski definition) is 0. The molecule has 0 radical (unpaired) electrons. The Morgan fingerprint density at radius 1 is 0.842 bits per heavy atom. The van der Waals surface area contributed by atoms with Crippen molar-refractivity contribution in [3.05, 3.63) is 71.8 Å². The summed E-state index contributed by atoms with van der Waals surface area (Å²) in [7, 11) is 0. The Kier molecular flexibility index (Phi) is 2.05. The van der Waals surface area contributed by atoms with Crippen LogP contribution in [0.4, 0.5) is 0 Å². The van der Waals surface area contributed by atoms with Gasteiger partial charge in [0, 0.05) is 12.1 Å². The van der Waals surface area contributed by atoms with Crippen LogP contribution < -0.4 is 0 Å². The van der Waals surface area contributed by atoms with Gasteiger partial charge in [0.2, 0.25) is 5.91 Å². The van der Waals surface area contributed by atoms with Gasteiger partial charge in [0.1, 0.15) is 0 Å². The Bertz CT molecular complexity index is 662. The van der Waals surface area contributed by atoms with Crippen LogP contribution in [0.5, 0.6) is 0 Å². The molecule has 0 spiro atoms. The lowest BCUT2D eigenvalue weighted by atomic mass is 9.92. The second-order valence-electron chi connectivity index (χ2n) is 5.26. The number of hydrogen-bond acceptors (Lipinski definition) is 1. The topological polar surface area (TPSA) is 29.4 Å². The number of aliphatic imine (C=N–C) groups is 1. The second-order valence-corrected chi connectivity index (χ2v) is 5.26. The zero-order chi connectivity index (χ0) is 12.9. The molecule has 0 N–H and O–H groups in total. The lowest BCUT2D eigenvalue weighted by molar-refractivity contribution is -0.118. The normalized spacial score (nSPS) is 31.3. The monoisotopic (exact) mass is 247 g/mol. The number of benzene rings is 2. The van der Waals surface area contributed by atoms with E-state index in [1.54, 1.807) is 0 Å². The maximum atomic E-state index is 12.0. The Hall–Kier alpha value is -2.22. The molecule has 2 heteroatoms. The van der Waals surface area contributed by atoms with E-state index < -0.39 is 0 Å². The number of fused-ring (bicyclic) bond motifs is 1. The molecule has 1 aliphatic heterocycles. The van der Waals surface area contributed by atoms with Crippen LogP contribution in [0.3, 0.4) is 0 Å². The lowest BCUT2D eigenvalue weighted by Crippen LogP contribution is -2.11. The summed E-state index contributed by atoms with van der Waals surface area (Å²) >= 11 is 0. The van der Waals surface area contributed by atoms with Gasteiger partial charge in [0.05, 0.1) is 11.3 Å². The summed E-state index contributed by atoms with van der Waals surface area (Å²) in [5.41, 5.74) is 2.24. The molecule has 1 heterocycles. The van der Waals surface area contributed by atoms with Gasteiger partial charge < -0.3 is 0 Å².